The molecule has 1 N–H and O–H groups in total. The van der Waals surface area contributed by atoms with Crippen LogP contribution in [0.25, 0.3) is 0 Å². The Balaban J connectivity index is 2.42. The number of halogens is 6. The predicted octanol–water partition coefficient (Wildman–Crippen LogP) is 4.79. The third kappa shape index (κ3) is 3.37. The topological polar surface area (TPSA) is 37.8 Å². The Morgan fingerprint density at radius 2 is 1.90 bits per heavy atom. The molecule has 9 heteroatoms. The zero-order valence-corrected chi connectivity index (χ0v) is 11.8. The molecule has 0 atom stereocenters. The van der Waals surface area contributed by atoms with Gasteiger partial charge in [0.1, 0.15) is 16.8 Å². The molecule has 0 radical (unpaired) electrons. The van der Waals surface area contributed by atoms with Crippen LogP contribution in [0.4, 0.5) is 29.1 Å². The van der Waals surface area contributed by atoms with Crippen molar-refractivity contribution in [2.24, 2.45) is 0 Å². The summed E-state index contributed by atoms with van der Waals surface area (Å²) in [6.45, 7) is 0. The molecule has 0 saturated heterocycles. The van der Waals surface area contributed by atoms with Gasteiger partial charge in [-0.15, -0.1) is 0 Å². The Hall–Kier alpha value is -1.41. The van der Waals surface area contributed by atoms with Crippen molar-refractivity contribution in [1.29, 1.82) is 0 Å². The Morgan fingerprint density at radius 3 is 2.50 bits per heavy atom. The number of anilines is 2. The molecule has 1 aromatic carbocycles. The van der Waals surface area contributed by atoms with Crippen molar-refractivity contribution in [1.82, 2.24) is 9.97 Å². The smallest absolute Gasteiger partial charge is 0.337 e. The van der Waals surface area contributed by atoms with E-state index in [0.29, 0.717) is 4.47 Å². The van der Waals surface area contributed by atoms with Gasteiger partial charge in [-0.3, -0.25) is 0 Å². The van der Waals surface area contributed by atoms with Crippen LogP contribution in [0.3, 0.4) is 0 Å². The van der Waals surface area contributed by atoms with E-state index in [2.05, 4.69) is 31.2 Å². The number of hydrogen-bond donors (Lipinski definition) is 1. The quantitative estimate of drug-likeness (QED) is 0.610. The molecule has 2 aromatic rings. The van der Waals surface area contributed by atoms with E-state index in [1.807, 2.05) is 0 Å². The Bertz CT molecular complexity index is 628. The molecular formula is C11H5BrClF4N3. The van der Waals surface area contributed by atoms with Gasteiger partial charge in [0.25, 0.3) is 0 Å². The standard InChI is InChI=1S/C11H5BrClF4N3/c12-5-2-1-3-6(14)9(5)19-8-4-7(13)18-10(20-8)11(15,16)17/h1-4H,(H,18,19,20). The number of alkyl halides is 3. The molecule has 1 heterocycles. The van der Waals surface area contributed by atoms with Crippen LogP contribution in [0.5, 0.6) is 0 Å². The van der Waals surface area contributed by atoms with Gasteiger partial charge in [0.2, 0.25) is 5.82 Å². The van der Waals surface area contributed by atoms with Gasteiger partial charge in [0.15, 0.2) is 0 Å². The normalized spacial score (nSPS) is 11.5. The highest BCUT2D eigenvalue weighted by atomic mass is 79.9. The highest BCUT2D eigenvalue weighted by Gasteiger charge is 2.35. The average Bonchev–Trinajstić information content (AvgIpc) is 2.32. The lowest BCUT2D eigenvalue weighted by Gasteiger charge is -2.11. The highest BCUT2D eigenvalue weighted by Crippen LogP contribution is 2.31. The maximum atomic E-state index is 13.6. The van der Waals surface area contributed by atoms with E-state index in [-0.39, 0.29) is 11.5 Å². The summed E-state index contributed by atoms with van der Waals surface area (Å²) in [5, 5.41) is 2.04. The summed E-state index contributed by atoms with van der Waals surface area (Å²) in [6.07, 6.45) is -4.74. The number of hydrogen-bond acceptors (Lipinski definition) is 3. The summed E-state index contributed by atoms with van der Waals surface area (Å²) in [5.41, 5.74) is -0.0459. The maximum absolute atomic E-state index is 13.6. The zero-order chi connectivity index (χ0) is 14.9. The molecular weight excluding hydrogens is 365 g/mol. The van der Waals surface area contributed by atoms with Gasteiger partial charge in [-0.25, -0.2) is 14.4 Å². The van der Waals surface area contributed by atoms with E-state index in [1.165, 1.54) is 12.1 Å². The zero-order valence-electron chi connectivity index (χ0n) is 9.47. The summed E-state index contributed by atoms with van der Waals surface area (Å²) in [6, 6.07) is 5.19. The monoisotopic (exact) mass is 369 g/mol. The second kappa shape index (κ2) is 5.53. The molecule has 0 aliphatic rings. The molecule has 2 rings (SSSR count). The van der Waals surface area contributed by atoms with E-state index in [0.717, 1.165) is 12.1 Å². The SMILES string of the molecule is Fc1cccc(Br)c1Nc1cc(Cl)nc(C(F)(F)F)n1. The van der Waals surface area contributed by atoms with Crippen LogP contribution in [0.2, 0.25) is 5.15 Å². The van der Waals surface area contributed by atoms with E-state index in [1.54, 1.807) is 0 Å². The van der Waals surface area contributed by atoms with Crippen LogP contribution in [0, 0.1) is 5.82 Å². The third-order valence-electron chi connectivity index (χ3n) is 2.16. The number of aromatic nitrogens is 2. The summed E-state index contributed by atoms with van der Waals surface area (Å²) in [7, 11) is 0. The number of rotatable bonds is 2. The van der Waals surface area contributed by atoms with E-state index < -0.39 is 23.0 Å². The first kappa shape index (κ1) is 15.0. The summed E-state index contributed by atoms with van der Waals surface area (Å²) >= 11 is 8.59. The Kier molecular flexibility index (Phi) is 4.14. The number of nitrogens with one attached hydrogen (secondary N) is 1. The number of nitrogens with zero attached hydrogens (tertiary/aromatic N) is 2. The second-order valence-corrected chi connectivity index (χ2v) is 4.86. The maximum Gasteiger partial charge on any atom is 0.451 e. The van der Waals surface area contributed by atoms with Gasteiger partial charge < -0.3 is 5.32 Å². The fourth-order valence-electron chi connectivity index (χ4n) is 1.35. The van der Waals surface area contributed by atoms with Crippen molar-refractivity contribution < 1.29 is 17.6 Å². The first-order chi connectivity index (χ1) is 9.27. The lowest BCUT2D eigenvalue weighted by Crippen LogP contribution is -2.12. The molecule has 0 aliphatic carbocycles. The average molecular weight is 371 g/mol. The molecule has 106 valence electrons. The third-order valence-corrected chi connectivity index (χ3v) is 3.02. The largest absolute Gasteiger partial charge is 0.451 e. The highest BCUT2D eigenvalue weighted by molar-refractivity contribution is 9.10. The first-order valence-corrected chi connectivity index (χ1v) is 6.27. The van der Waals surface area contributed by atoms with Crippen molar-refractivity contribution >= 4 is 39.0 Å². The summed E-state index contributed by atoms with van der Waals surface area (Å²) < 4.78 is 51.6. The first-order valence-electron chi connectivity index (χ1n) is 5.10. The molecule has 1 aromatic heterocycles. The van der Waals surface area contributed by atoms with Crippen LogP contribution in [0.15, 0.2) is 28.7 Å². The minimum atomic E-state index is -4.74. The second-order valence-electron chi connectivity index (χ2n) is 3.62. The lowest BCUT2D eigenvalue weighted by molar-refractivity contribution is -0.144. The van der Waals surface area contributed by atoms with Crippen molar-refractivity contribution in [2.45, 2.75) is 6.18 Å². The Morgan fingerprint density at radius 1 is 1.20 bits per heavy atom. The Labute approximate surface area is 124 Å². The van der Waals surface area contributed by atoms with Crippen molar-refractivity contribution in [2.75, 3.05) is 5.32 Å². The van der Waals surface area contributed by atoms with Gasteiger partial charge in [0.05, 0.1) is 5.69 Å². The molecule has 0 bridgehead atoms. The van der Waals surface area contributed by atoms with Crippen molar-refractivity contribution in [3.8, 4) is 0 Å². The minimum Gasteiger partial charge on any atom is -0.337 e. The molecule has 0 unspecified atom stereocenters. The fraction of sp³-hybridized carbons (Fsp3) is 0.0909. The van der Waals surface area contributed by atoms with Crippen LogP contribution in [-0.4, -0.2) is 9.97 Å². The van der Waals surface area contributed by atoms with Gasteiger partial charge in [0, 0.05) is 10.5 Å². The fourth-order valence-corrected chi connectivity index (χ4v) is 1.98. The lowest BCUT2D eigenvalue weighted by atomic mass is 10.3. The molecule has 0 saturated carbocycles. The van der Waals surface area contributed by atoms with Gasteiger partial charge in [-0.2, -0.15) is 13.2 Å². The van der Waals surface area contributed by atoms with Gasteiger partial charge >= 0.3 is 6.18 Å². The van der Waals surface area contributed by atoms with Crippen LogP contribution in [0.1, 0.15) is 5.82 Å². The van der Waals surface area contributed by atoms with E-state index in [9.17, 15) is 17.6 Å². The number of para-hydroxylation sites is 1. The molecule has 3 nitrogen and oxygen atoms in total. The van der Waals surface area contributed by atoms with Gasteiger partial charge in [-0.1, -0.05) is 17.7 Å². The van der Waals surface area contributed by atoms with Crippen LogP contribution < -0.4 is 5.32 Å². The van der Waals surface area contributed by atoms with E-state index >= 15 is 0 Å². The number of benzene rings is 1. The van der Waals surface area contributed by atoms with Gasteiger partial charge in [-0.05, 0) is 28.1 Å². The van der Waals surface area contributed by atoms with Crippen molar-refractivity contribution in [3.05, 3.63) is 45.5 Å². The predicted molar refractivity (Wildman–Crippen MR) is 69.4 cm³/mol. The van der Waals surface area contributed by atoms with Crippen LogP contribution >= 0.6 is 27.5 Å². The summed E-state index contributed by atoms with van der Waals surface area (Å²) in [4.78, 5) is 6.34. The van der Waals surface area contributed by atoms with Crippen LogP contribution in [-0.2, 0) is 6.18 Å². The molecule has 0 spiro atoms. The molecule has 0 fully saturated rings. The molecule has 0 aliphatic heterocycles. The van der Waals surface area contributed by atoms with E-state index in [4.69, 9.17) is 11.6 Å². The molecule has 20 heavy (non-hydrogen) atoms. The summed E-state index contributed by atoms with van der Waals surface area (Å²) in [5.74, 6) is -2.31. The minimum absolute atomic E-state index is 0.0459. The molecule has 0 amide bonds. The van der Waals surface area contributed by atoms with Crippen molar-refractivity contribution in [3.63, 3.8) is 0 Å².